The molecule has 162 valence electrons. The van der Waals surface area contributed by atoms with Crippen molar-refractivity contribution < 1.29 is 22.3 Å². The van der Waals surface area contributed by atoms with Crippen LogP contribution in [0.25, 0.3) is 0 Å². The second-order valence-corrected chi connectivity index (χ2v) is 9.55. The van der Waals surface area contributed by atoms with E-state index in [-0.39, 0.29) is 16.3 Å². The number of amides is 1. The van der Waals surface area contributed by atoms with E-state index in [0.717, 1.165) is 4.31 Å². The largest absolute Gasteiger partial charge is 0.497 e. The minimum absolute atomic E-state index is 0.0455. The van der Waals surface area contributed by atoms with E-state index >= 15 is 0 Å². The molecular weight excluding hydrogens is 511 g/mol. The lowest BCUT2D eigenvalue weighted by Gasteiger charge is -2.24. The molecule has 1 amide bonds. The number of nitrogens with one attached hydrogen (secondary N) is 1. The molecule has 0 bridgehead atoms. The Labute approximate surface area is 192 Å². The van der Waals surface area contributed by atoms with Crippen molar-refractivity contribution in [3.8, 4) is 5.75 Å². The van der Waals surface area contributed by atoms with Crippen molar-refractivity contribution >= 4 is 54.8 Å². The number of benzene rings is 3. The molecule has 0 aliphatic heterocycles. The highest BCUT2D eigenvalue weighted by atomic mass is 79.9. The van der Waals surface area contributed by atoms with E-state index in [1.165, 1.54) is 55.6 Å². The van der Waals surface area contributed by atoms with Crippen molar-refractivity contribution in [2.75, 3.05) is 23.3 Å². The molecular formula is C21H17BrClFN2O4S. The van der Waals surface area contributed by atoms with Gasteiger partial charge in [0, 0.05) is 9.50 Å². The lowest BCUT2D eigenvalue weighted by molar-refractivity contribution is -0.114. The average Bonchev–Trinajstić information content (AvgIpc) is 2.74. The monoisotopic (exact) mass is 526 g/mol. The number of methoxy groups -OCH3 is 1. The summed E-state index contributed by atoms with van der Waals surface area (Å²) in [5.41, 5.74) is 0.121. The number of ether oxygens (including phenoxy) is 1. The number of hydrogen-bond acceptors (Lipinski definition) is 4. The highest BCUT2D eigenvalue weighted by Gasteiger charge is 2.28. The topological polar surface area (TPSA) is 75.7 Å². The summed E-state index contributed by atoms with van der Waals surface area (Å²) in [5.74, 6) is -0.898. The maximum Gasteiger partial charge on any atom is 0.264 e. The molecule has 0 aliphatic carbocycles. The summed E-state index contributed by atoms with van der Waals surface area (Å²) in [5, 5.41) is 2.70. The molecule has 6 nitrogen and oxygen atoms in total. The number of halogens is 3. The number of hydrogen-bond donors (Lipinski definition) is 1. The van der Waals surface area contributed by atoms with Gasteiger partial charge in [-0.2, -0.15) is 0 Å². The van der Waals surface area contributed by atoms with Crippen molar-refractivity contribution in [1.82, 2.24) is 0 Å². The van der Waals surface area contributed by atoms with Crippen molar-refractivity contribution in [2.45, 2.75) is 4.90 Å². The zero-order valence-corrected chi connectivity index (χ0v) is 19.3. The highest BCUT2D eigenvalue weighted by Crippen LogP contribution is 2.27. The van der Waals surface area contributed by atoms with Gasteiger partial charge in [-0.05, 0) is 60.7 Å². The first kappa shape index (κ1) is 23.1. The summed E-state index contributed by atoms with van der Waals surface area (Å²) >= 11 is 9.17. The fourth-order valence-electron chi connectivity index (χ4n) is 2.73. The Morgan fingerprint density at radius 1 is 1.13 bits per heavy atom. The zero-order chi connectivity index (χ0) is 22.6. The predicted octanol–water partition coefficient (Wildman–Crippen LogP) is 5.08. The standard InChI is InChI=1S/C21H17BrClFN2O4S/c1-30-17-6-8-18(9-7-17)31(28,29)26(16-4-2-3-15(23)12-16)13-21(27)25-20-10-5-14(22)11-19(20)24/h2-12H,13H2,1H3,(H,25,27). The van der Waals surface area contributed by atoms with Crippen LogP contribution in [0.1, 0.15) is 0 Å². The van der Waals surface area contributed by atoms with E-state index in [1.807, 2.05) is 0 Å². The van der Waals surface area contributed by atoms with Crippen LogP contribution >= 0.6 is 27.5 Å². The number of anilines is 2. The molecule has 0 unspecified atom stereocenters. The molecule has 0 aliphatic rings. The van der Waals surface area contributed by atoms with E-state index in [9.17, 15) is 17.6 Å². The lowest BCUT2D eigenvalue weighted by Crippen LogP contribution is -2.38. The van der Waals surface area contributed by atoms with Gasteiger partial charge in [0.25, 0.3) is 10.0 Å². The number of carbonyl (C=O) groups is 1. The Morgan fingerprint density at radius 3 is 2.45 bits per heavy atom. The minimum atomic E-state index is -4.14. The van der Waals surface area contributed by atoms with E-state index in [4.69, 9.17) is 16.3 Å². The molecule has 3 rings (SSSR count). The first-order valence-corrected chi connectivity index (χ1v) is 11.5. The van der Waals surface area contributed by atoms with Gasteiger partial charge in [0.2, 0.25) is 5.91 Å². The van der Waals surface area contributed by atoms with Crippen LogP contribution < -0.4 is 14.4 Å². The van der Waals surface area contributed by atoms with Crippen LogP contribution in [0.15, 0.2) is 76.1 Å². The third kappa shape index (κ3) is 5.55. The van der Waals surface area contributed by atoms with Crippen LogP contribution in [0.5, 0.6) is 5.75 Å². The van der Waals surface area contributed by atoms with Gasteiger partial charge in [0.05, 0.1) is 23.4 Å². The smallest absolute Gasteiger partial charge is 0.264 e. The van der Waals surface area contributed by atoms with Crippen molar-refractivity contribution in [2.24, 2.45) is 0 Å². The summed E-state index contributed by atoms with van der Waals surface area (Å²) in [6, 6.07) is 16.0. The van der Waals surface area contributed by atoms with Crippen molar-refractivity contribution in [3.05, 3.63) is 82.0 Å². The van der Waals surface area contributed by atoms with E-state index < -0.39 is 28.3 Å². The van der Waals surface area contributed by atoms with Gasteiger partial charge in [-0.25, -0.2) is 12.8 Å². The SMILES string of the molecule is COc1ccc(S(=O)(=O)N(CC(=O)Nc2ccc(Br)cc2F)c2cccc(Cl)c2)cc1. The van der Waals surface area contributed by atoms with E-state index in [0.29, 0.717) is 15.2 Å². The molecule has 0 radical (unpaired) electrons. The summed E-state index contributed by atoms with van der Waals surface area (Å²) < 4.78 is 47.2. The zero-order valence-electron chi connectivity index (χ0n) is 16.2. The number of carbonyl (C=O) groups excluding carboxylic acids is 1. The first-order chi connectivity index (χ1) is 14.7. The Balaban J connectivity index is 1.95. The summed E-state index contributed by atoms with van der Waals surface area (Å²) in [6.07, 6.45) is 0. The van der Waals surface area contributed by atoms with Crippen LogP contribution in [-0.4, -0.2) is 28.0 Å². The Kier molecular flexibility index (Phi) is 7.19. The van der Waals surface area contributed by atoms with Crippen LogP contribution in [0, 0.1) is 5.82 Å². The maximum absolute atomic E-state index is 14.1. The van der Waals surface area contributed by atoms with Crippen LogP contribution in [0.3, 0.4) is 0 Å². The van der Waals surface area contributed by atoms with Crippen LogP contribution in [-0.2, 0) is 14.8 Å². The normalized spacial score (nSPS) is 11.1. The quantitative estimate of drug-likeness (QED) is 0.465. The molecule has 0 fully saturated rings. The third-order valence-electron chi connectivity index (χ3n) is 4.24. The third-order valence-corrected chi connectivity index (χ3v) is 6.75. The average molecular weight is 528 g/mol. The number of rotatable bonds is 7. The molecule has 3 aromatic rings. The van der Waals surface area contributed by atoms with Gasteiger partial charge >= 0.3 is 0 Å². The summed E-state index contributed by atoms with van der Waals surface area (Å²) in [4.78, 5) is 12.6. The van der Waals surface area contributed by atoms with Crippen LogP contribution in [0.4, 0.5) is 15.8 Å². The van der Waals surface area contributed by atoms with E-state index in [1.54, 1.807) is 18.2 Å². The Hall–Kier alpha value is -2.62. The number of nitrogens with zero attached hydrogens (tertiary/aromatic N) is 1. The molecule has 10 heteroatoms. The molecule has 3 aromatic carbocycles. The Morgan fingerprint density at radius 2 is 1.84 bits per heavy atom. The second-order valence-electron chi connectivity index (χ2n) is 6.34. The number of sulfonamides is 1. The predicted molar refractivity (Wildman–Crippen MR) is 122 cm³/mol. The lowest BCUT2D eigenvalue weighted by atomic mass is 10.3. The van der Waals surface area contributed by atoms with Crippen LogP contribution in [0.2, 0.25) is 5.02 Å². The molecule has 0 aromatic heterocycles. The first-order valence-electron chi connectivity index (χ1n) is 8.88. The summed E-state index contributed by atoms with van der Waals surface area (Å²) in [7, 11) is -2.68. The highest BCUT2D eigenvalue weighted by molar-refractivity contribution is 9.10. The minimum Gasteiger partial charge on any atom is -0.497 e. The molecule has 1 N–H and O–H groups in total. The van der Waals surface area contributed by atoms with Gasteiger partial charge in [-0.3, -0.25) is 9.10 Å². The van der Waals surface area contributed by atoms with Gasteiger partial charge in [-0.1, -0.05) is 33.6 Å². The molecule has 31 heavy (non-hydrogen) atoms. The Bertz CT molecular complexity index is 1210. The molecule has 0 heterocycles. The summed E-state index contributed by atoms with van der Waals surface area (Å²) in [6.45, 7) is -0.593. The van der Waals surface area contributed by atoms with Crippen molar-refractivity contribution in [1.29, 1.82) is 0 Å². The van der Waals surface area contributed by atoms with Crippen molar-refractivity contribution in [3.63, 3.8) is 0 Å². The second kappa shape index (κ2) is 9.67. The molecule has 0 saturated carbocycles. The van der Waals surface area contributed by atoms with Gasteiger partial charge < -0.3 is 10.1 Å². The maximum atomic E-state index is 14.1. The van der Waals surface area contributed by atoms with Gasteiger partial charge in [0.1, 0.15) is 18.1 Å². The molecule has 0 spiro atoms. The van der Waals surface area contributed by atoms with Gasteiger partial charge in [-0.15, -0.1) is 0 Å². The molecule has 0 atom stereocenters. The fourth-order valence-corrected chi connectivity index (χ4v) is 4.66. The molecule has 0 saturated heterocycles. The van der Waals surface area contributed by atoms with E-state index in [2.05, 4.69) is 21.2 Å². The van der Waals surface area contributed by atoms with Gasteiger partial charge in [0.15, 0.2) is 0 Å². The fraction of sp³-hybridized carbons (Fsp3) is 0.0952.